The fourth-order valence-electron chi connectivity index (χ4n) is 2.77. The molecule has 0 aliphatic carbocycles. The van der Waals surface area contributed by atoms with E-state index in [0.717, 1.165) is 42.5 Å². The SMILES string of the molecule is Cc1nc(C(C)(C)C)oc1CCC(=O)Nc1nc2c(s1)CN(C)CC2. The smallest absolute Gasteiger partial charge is 0.226 e. The molecule has 25 heavy (non-hydrogen) atoms. The number of nitrogens with one attached hydrogen (secondary N) is 1. The van der Waals surface area contributed by atoms with Crippen LogP contribution in [0.2, 0.25) is 0 Å². The molecule has 2 aromatic heterocycles. The van der Waals surface area contributed by atoms with Gasteiger partial charge in [0.05, 0.1) is 11.4 Å². The van der Waals surface area contributed by atoms with Crippen LogP contribution in [0.3, 0.4) is 0 Å². The second-order valence-corrected chi connectivity index (χ2v) is 8.79. The minimum Gasteiger partial charge on any atom is -0.445 e. The van der Waals surface area contributed by atoms with Crippen LogP contribution >= 0.6 is 11.3 Å². The first-order chi connectivity index (χ1) is 11.7. The fourth-order valence-corrected chi connectivity index (χ4v) is 3.87. The van der Waals surface area contributed by atoms with Gasteiger partial charge in [0.2, 0.25) is 5.91 Å². The lowest BCUT2D eigenvalue weighted by Gasteiger charge is -2.20. The van der Waals surface area contributed by atoms with Crippen LogP contribution in [0.4, 0.5) is 5.13 Å². The topological polar surface area (TPSA) is 71.3 Å². The van der Waals surface area contributed by atoms with E-state index in [9.17, 15) is 4.79 Å². The highest BCUT2D eigenvalue weighted by molar-refractivity contribution is 7.15. The van der Waals surface area contributed by atoms with Crippen molar-refractivity contribution in [3.63, 3.8) is 0 Å². The Kier molecular flexibility index (Phi) is 4.97. The number of fused-ring (bicyclic) bond motifs is 1. The van der Waals surface area contributed by atoms with Gasteiger partial charge >= 0.3 is 0 Å². The van der Waals surface area contributed by atoms with Crippen LogP contribution < -0.4 is 5.32 Å². The average Bonchev–Trinajstić information content (AvgIpc) is 3.07. The van der Waals surface area contributed by atoms with Crippen molar-refractivity contribution in [3.8, 4) is 0 Å². The Balaban J connectivity index is 1.58. The molecule has 1 N–H and O–H groups in total. The largest absolute Gasteiger partial charge is 0.445 e. The van der Waals surface area contributed by atoms with Crippen LogP contribution in [0.15, 0.2) is 4.42 Å². The standard InChI is InChI=1S/C18H26N4O2S/c1-11-13(24-16(19-11)18(2,3)4)6-7-15(23)21-17-20-12-8-9-22(5)10-14(12)25-17/h6-10H2,1-5H3,(H,20,21,23). The molecule has 0 fully saturated rings. The third-order valence-corrected chi connectivity index (χ3v) is 5.28. The molecule has 1 amide bonds. The second kappa shape index (κ2) is 6.88. The molecule has 0 radical (unpaired) electrons. The van der Waals surface area contributed by atoms with Crippen LogP contribution in [-0.4, -0.2) is 34.4 Å². The molecular weight excluding hydrogens is 336 g/mol. The van der Waals surface area contributed by atoms with Crippen molar-refractivity contribution in [2.45, 2.75) is 58.9 Å². The summed E-state index contributed by atoms with van der Waals surface area (Å²) in [4.78, 5) is 24.8. The number of oxazole rings is 1. The summed E-state index contributed by atoms with van der Waals surface area (Å²) in [5.41, 5.74) is 1.86. The van der Waals surface area contributed by atoms with E-state index in [1.54, 1.807) is 11.3 Å². The molecule has 0 unspecified atom stereocenters. The molecule has 0 aromatic carbocycles. The summed E-state index contributed by atoms with van der Waals surface area (Å²) >= 11 is 1.58. The van der Waals surface area contributed by atoms with E-state index in [4.69, 9.17) is 4.42 Å². The number of nitrogens with zero attached hydrogens (tertiary/aromatic N) is 3. The quantitative estimate of drug-likeness (QED) is 0.903. The molecule has 0 spiro atoms. The number of carbonyl (C=O) groups excluding carboxylic acids is 1. The highest BCUT2D eigenvalue weighted by Crippen LogP contribution is 2.28. The first-order valence-electron chi connectivity index (χ1n) is 8.66. The van der Waals surface area contributed by atoms with Crippen LogP contribution in [-0.2, 0) is 29.6 Å². The van der Waals surface area contributed by atoms with Crippen LogP contribution in [0.1, 0.15) is 55.1 Å². The summed E-state index contributed by atoms with van der Waals surface area (Å²) < 4.78 is 5.85. The normalized spacial score (nSPS) is 15.2. The number of carbonyl (C=O) groups is 1. The van der Waals surface area contributed by atoms with Crippen molar-refractivity contribution in [2.75, 3.05) is 18.9 Å². The van der Waals surface area contributed by atoms with E-state index in [2.05, 4.69) is 48.0 Å². The van der Waals surface area contributed by atoms with Crippen molar-refractivity contribution in [2.24, 2.45) is 0 Å². The second-order valence-electron chi connectivity index (χ2n) is 7.70. The Hall–Kier alpha value is -1.73. The van der Waals surface area contributed by atoms with Gasteiger partial charge in [0.15, 0.2) is 11.0 Å². The Morgan fingerprint density at radius 1 is 1.36 bits per heavy atom. The zero-order valence-electron chi connectivity index (χ0n) is 15.6. The highest BCUT2D eigenvalue weighted by Gasteiger charge is 2.23. The van der Waals surface area contributed by atoms with E-state index >= 15 is 0 Å². The third kappa shape index (κ3) is 4.27. The zero-order chi connectivity index (χ0) is 18.2. The van der Waals surface area contributed by atoms with Gasteiger partial charge < -0.3 is 14.6 Å². The summed E-state index contributed by atoms with van der Waals surface area (Å²) in [5.74, 6) is 1.48. The molecular formula is C18H26N4O2S. The van der Waals surface area contributed by atoms with Crippen LogP contribution in [0, 0.1) is 6.92 Å². The van der Waals surface area contributed by atoms with E-state index in [1.807, 2.05) is 6.92 Å². The molecule has 0 saturated carbocycles. The van der Waals surface area contributed by atoms with Gasteiger partial charge in [0.25, 0.3) is 0 Å². The average molecular weight is 362 g/mol. The Bertz CT molecular complexity index is 773. The fraction of sp³-hybridized carbons (Fsp3) is 0.611. The number of aromatic nitrogens is 2. The number of likely N-dealkylation sites (N-methyl/N-ethyl adjacent to an activating group) is 1. The molecule has 2 aromatic rings. The number of anilines is 1. The molecule has 0 atom stereocenters. The van der Waals surface area contributed by atoms with Gasteiger partial charge in [-0.1, -0.05) is 20.8 Å². The van der Waals surface area contributed by atoms with Crippen molar-refractivity contribution >= 4 is 22.4 Å². The van der Waals surface area contributed by atoms with Gasteiger partial charge in [-0.2, -0.15) is 0 Å². The maximum absolute atomic E-state index is 12.3. The molecule has 7 heteroatoms. The van der Waals surface area contributed by atoms with Crippen LogP contribution in [0.25, 0.3) is 0 Å². The van der Waals surface area contributed by atoms with Crippen molar-refractivity contribution in [1.29, 1.82) is 0 Å². The lowest BCUT2D eigenvalue weighted by Crippen LogP contribution is -2.25. The Morgan fingerprint density at radius 2 is 2.12 bits per heavy atom. The number of amides is 1. The first kappa shape index (κ1) is 18.1. The zero-order valence-corrected chi connectivity index (χ0v) is 16.4. The van der Waals surface area contributed by atoms with Gasteiger partial charge in [-0.3, -0.25) is 4.79 Å². The van der Waals surface area contributed by atoms with Crippen LogP contribution in [0.5, 0.6) is 0 Å². The van der Waals surface area contributed by atoms with Crippen molar-refractivity contribution in [3.05, 3.63) is 27.9 Å². The molecule has 0 bridgehead atoms. The van der Waals surface area contributed by atoms with E-state index in [0.29, 0.717) is 18.0 Å². The molecule has 3 rings (SSSR count). The number of rotatable bonds is 4. The molecule has 3 heterocycles. The van der Waals surface area contributed by atoms with Crippen molar-refractivity contribution < 1.29 is 9.21 Å². The van der Waals surface area contributed by atoms with Crippen molar-refractivity contribution in [1.82, 2.24) is 14.9 Å². The lowest BCUT2D eigenvalue weighted by atomic mass is 9.97. The minimum absolute atomic E-state index is 0.0347. The van der Waals surface area contributed by atoms with E-state index < -0.39 is 0 Å². The lowest BCUT2D eigenvalue weighted by molar-refractivity contribution is -0.116. The van der Waals surface area contributed by atoms with Gasteiger partial charge in [-0.05, 0) is 14.0 Å². The molecule has 6 nitrogen and oxygen atoms in total. The minimum atomic E-state index is -0.127. The summed E-state index contributed by atoms with van der Waals surface area (Å²) in [6, 6.07) is 0. The maximum Gasteiger partial charge on any atom is 0.226 e. The Morgan fingerprint density at radius 3 is 2.80 bits per heavy atom. The van der Waals surface area contributed by atoms with E-state index in [1.165, 1.54) is 4.88 Å². The number of thiazole rings is 1. The van der Waals surface area contributed by atoms with Gasteiger partial charge in [0.1, 0.15) is 5.76 Å². The van der Waals surface area contributed by atoms with Gasteiger partial charge in [-0.25, -0.2) is 9.97 Å². The summed E-state index contributed by atoms with van der Waals surface area (Å²) in [7, 11) is 2.10. The molecule has 0 saturated heterocycles. The summed E-state index contributed by atoms with van der Waals surface area (Å²) in [6.45, 7) is 10.1. The number of aryl methyl sites for hydroxylation is 2. The van der Waals surface area contributed by atoms with E-state index in [-0.39, 0.29) is 11.3 Å². The molecule has 1 aliphatic heterocycles. The number of hydrogen-bond donors (Lipinski definition) is 1. The first-order valence-corrected chi connectivity index (χ1v) is 9.48. The third-order valence-electron chi connectivity index (χ3n) is 4.28. The maximum atomic E-state index is 12.3. The summed E-state index contributed by atoms with van der Waals surface area (Å²) in [6.07, 6.45) is 1.86. The predicted octanol–water partition coefficient (Wildman–Crippen LogP) is 3.30. The molecule has 136 valence electrons. The Labute approximate surface area is 152 Å². The molecule has 1 aliphatic rings. The number of hydrogen-bond acceptors (Lipinski definition) is 6. The predicted molar refractivity (Wildman–Crippen MR) is 99.0 cm³/mol. The monoisotopic (exact) mass is 362 g/mol. The van der Waals surface area contributed by atoms with Gasteiger partial charge in [0, 0.05) is 42.6 Å². The summed E-state index contributed by atoms with van der Waals surface area (Å²) in [5, 5.41) is 3.63. The van der Waals surface area contributed by atoms with Gasteiger partial charge in [-0.15, -0.1) is 11.3 Å². The highest BCUT2D eigenvalue weighted by atomic mass is 32.1.